The Labute approximate surface area is 143 Å². The second kappa shape index (κ2) is 7.05. The summed E-state index contributed by atoms with van der Waals surface area (Å²) in [7, 11) is 0. The first-order valence-corrected chi connectivity index (χ1v) is 7.95. The monoisotopic (exact) mass is 341 g/mol. The second-order valence-electron chi connectivity index (χ2n) is 5.75. The first kappa shape index (κ1) is 17.4. The molecule has 22 heavy (non-hydrogen) atoms. The van der Waals surface area contributed by atoms with Crippen LogP contribution in [0.25, 0.3) is 0 Å². The van der Waals surface area contributed by atoms with Gasteiger partial charge in [-0.2, -0.15) is 0 Å². The number of halogens is 2. The summed E-state index contributed by atoms with van der Waals surface area (Å²) in [5.74, 6) is 0.923. The van der Waals surface area contributed by atoms with E-state index in [1.807, 2.05) is 24.5 Å². The summed E-state index contributed by atoms with van der Waals surface area (Å²) in [6, 6.07) is 5.89. The number of ether oxygens (including phenoxy) is 1. The molecule has 0 saturated heterocycles. The topological polar surface area (TPSA) is 12.5 Å². The molecule has 0 radical (unpaired) electrons. The van der Waals surface area contributed by atoms with Crippen molar-refractivity contribution in [2.24, 2.45) is 0 Å². The molecule has 3 nitrogen and oxygen atoms in total. The van der Waals surface area contributed by atoms with Crippen LogP contribution in [0.1, 0.15) is 19.4 Å². The van der Waals surface area contributed by atoms with Crippen molar-refractivity contribution in [1.82, 2.24) is 4.90 Å². The third-order valence-corrected chi connectivity index (χ3v) is 4.69. The van der Waals surface area contributed by atoms with Gasteiger partial charge in [0.1, 0.15) is 25.5 Å². The Morgan fingerprint density at radius 2 is 2.05 bits per heavy atom. The van der Waals surface area contributed by atoms with Gasteiger partial charge in [-0.05, 0) is 24.3 Å². The molecule has 0 bridgehead atoms. The number of quaternary nitrogens is 1. The van der Waals surface area contributed by atoms with Crippen LogP contribution in [0.4, 0.5) is 0 Å². The van der Waals surface area contributed by atoms with E-state index in [1.54, 1.807) is 0 Å². The number of nitrogens with zero attached hydrogens (tertiary/aromatic N) is 2. The molecule has 2 aliphatic heterocycles. The number of fused-ring (bicyclic) bond motifs is 2. The Morgan fingerprint density at radius 3 is 2.77 bits per heavy atom. The van der Waals surface area contributed by atoms with Crippen molar-refractivity contribution in [2.45, 2.75) is 20.4 Å². The fourth-order valence-electron chi connectivity index (χ4n) is 3.18. The highest BCUT2D eigenvalue weighted by Gasteiger charge is 2.38. The molecule has 1 unspecified atom stereocenters. The molecule has 0 N–H and O–H groups in total. The maximum absolute atomic E-state index is 6.17. The van der Waals surface area contributed by atoms with Crippen molar-refractivity contribution in [2.75, 3.05) is 26.3 Å². The molecule has 3 rings (SSSR count). The summed E-state index contributed by atoms with van der Waals surface area (Å²) in [6.45, 7) is 9.49. The number of hydrogen-bond donors (Lipinski definition) is 0. The van der Waals surface area contributed by atoms with Gasteiger partial charge in [-0.3, -0.25) is 9.38 Å². The van der Waals surface area contributed by atoms with Crippen LogP contribution in [-0.4, -0.2) is 35.7 Å². The maximum atomic E-state index is 6.17. The van der Waals surface area contributed by atoms with Crippen molar-refractivity contribution in [3.05, 3.63) is 52.9 Å². The van der Waals surface area contributed by atoms with E-state index in [9.17, 15) is 0 Å². The molecule has 120 valence electrons. The van der Waals surface area contributed by atoms with Crippen molar-refractivity contribution < 1.29 is 9.22 Å². The van der Waals surface area contributed by atoms with E-state index in [0.717, 1.165) is 48.1 Å². The Bertz CT molecular complexity index is 596. The van der Waals surface area contributed by atoms with Crippen LogP contribution in [0.3, 0.4) is 0 Å². The van der Waals surface area contributed by atoms with Gasteiger partial charge in [-0.25, -0.2) is 0 Å². The molecular formula is C17H23Cl2N2O+. The molecule has 1 aromatic carbocycles. The van der Waals surface area contributed by atoms with E-state index in [-0.39, 0.29) is 12.4 Å². The molecule has 5 heteroatoms. The van der Waals surface area contributed by atoms with Crippen LogP contribution in [0.5, 0.6) is 5.75 Å². The molecular weight excluding hydrogens is 319 g/mol. The van der Waals surface area contributed by atoms with E-state index in [1.165, 1.54) is 11.3 Å². The van der Waals surface area contributed by atoms with Gasteiger partial charge in [-0.15, -0.1) is 12.4 Å². The van der Waals surface area contributed by atoms with Crippen LogP contribution < -0.4 is 4.74 Å². The van der Waals surface area contributed by atoms with Crippen molar-refractivity contribution >= 4 is 24.0 Å². The third-order valence-electron chi connectivity index (χ3n) is 4.46. The summed E-state index contributed by atoms with van der Waals surface area (Å²) in [5, 5.41) is 0.772. The molecule has 1 aromatic rings. The third kappa shape index (κ3) is 3.18. The van der Waals surface area contributed by atoms with Gasteiger partial charge in [0.15, 0.2) is 12.0 Å². The summed E-state index contributed by atoms with van der Waals surface area (Å²) in [4.78, 5) is 2.47. The lowest BCUT2D eigenvalue weighted by molar-refractivity contribution is -0.903. The van der Waals surface area contributed by atoms with Gasteiger partial charge in [-0.1, -0.05) is 25.4 Å². The van der Waals surface area contributed by atoms with Gasteiger partial charge in [0.05, 0.1) is 5.56 Å². The molecule has 0 saturated carbocycles. The summed E-state index contributed by atoms with van der Waals surface area (Å²) in [6.07, 6.45) is 6.35. The van der Waals surface area contributed by atoms with Crippen molar-refractivity contribution in [3.63, 3.8) is 0 Å². The second-order valence-corrected chi connectivity index (χ2v) is 6.18. The van der Waals surface area contributed by atoms with Crippen LogP contribution in [-0.2, 0) is 6.54 Å². The summed E-state index contributed by atoms with van der Waals surface area (Å²) < 4.78 is 6.78. The minimum atomic E-state index is 0. The van der Waals surface area contributed by atoms with Gasteiger partial charge >= 0.3 is 0 Å². The zero-order chi connectivity index (χ0) is 14.9. The Morgan fingerprint density at radius 1 is 1.27 bits per heavy atom. The number of allylic oxidation sites excluding steroid dienone is 1. The average molecular weight is 342 g/mol. The number of rotatable bonds is 4. The fourth-order valence-corrected chi connectivity index (χ4v) is 3.37. The number of benzene rings is 1. The van der Waals surface area contributed by atoms with Crippen LogP contribution in [0, 0.1) is 0 Å². The maximum Gasteiger partial charge on any atom is 0.169 e. The largest absolute Gasteiger partial charge is 0.458 e. The van der Waals surface area contributed by atoms with Crippen LogP contribution in [0.15, 0.2) is 42.3 Å². The van der Waals surface area contributed by atoms with E-state index in [0.29, 0.717) is 0 Å². The Hall–Kier alpha value is -1.000. The van der Waals surface area contributed by atoms with Crippen LogP contribution >= 0.6 is 24.0 Å². The lowest BCUT2D eigenvalue weighted by Gasteiger charge is -2.37. The molecule has 2 heterocycles. The predicted molar refractivity (Wildman–Crippen MR) is 93.2 cm³/mol. The standard InChI is InChI=1S/C17H22ClN2O.ClH/c1-3-19(4-2)13-20-9-5-6-16(20)12-21-17-8-7-15(18)10-14(17)11-20;/h5-8,10,12H,3-4,9,11,13H2,1-2H3;1H/q+1;. The molecule has 0 aliphatic carbocycles. The zero-order valence-corrected chi connectivity index (χ0v) is 14.7. The molecule has 2 aliphatic rings. The lowest BCUT2D eigenvalue weighted by atomic mass is 10.1. The van der Waals surface area contributed by atoms with Crippen molar-refractivity contribution in [1.29, 1.82) is 0 Å². The predicted octanol–water partition coefficient (Wildman–Crippen LogP) is 4.18. The van der Waals surface area contributed by atoms with E-state index in [4.69, 9.17) is 16.3 Å². The van der Waals surface area contributed by atoms with Gasteiger partial charge < -0.3 is 4.74 Å². The Kier molecular flexibility index (Phi) is 5.56. The highest BCUT2D eigenvalue weighted by atomic mass is 35.5. The normalized spacial score (nSPS) is 22.3. The number of hydrogen-bond acceptors (Lipinski definition) is 2. The molecule has 0 spiro atoms. The average Bonchev–Trinajstić information content (AvgIpc) is 2.80. The SMILES string of the molecule is CCN(CC)C[N+]12CC=CC1=COc1ccc(Cl)cc1C2.Cl. The van der Waals surface area contributed by atoms with Gasteiger partial charge in [0, 0.05) is 24.2 Å². The lowest BCUT2D eigenvalue weighted by Crippen LogP contribution is -2.50. The zero-order valence-electron chi connectivity index (χ0n) is 13.1. The minimum absolute atomic E-state index is 0. The van der Waals surface area contributed by atoms with Crippen molar-refractivity contribution in [3.8, 4) is 5.75 Å². The summed E-state index contributed by atoms with van der Waals surface area (Å²) >= 11 is 6.17. The first-order chi connectivity index (χ1) is 10.2. The molecule has 0 aromatic heterocycles. The minimum Gasteiger partial charge on any atom is -0.458 e. The highest BCUT2D eigenvalue weighted by Crippen LogP contribution is 2.36. The molecule has 0 amide bonds. The van der Waals surface area contributed by atoms with Gasteiger partial charge in [0.25, 0.3) is 0 Å². The molecule has 1 atom stereocenters. The first-order valence-electron chi connectivity index (χ1n) is 7.57. The fraction of sp³-hybridized carbons (Fsp3) is 0.412. The van der Waals surface area contributed by atoms with E-state index >= 15 is 0 Å². The van der Waals surface area contributed by atoms with E-state index < -0.39 is 0 Å². The quantitative estimate of drug-likeness (QED) is 0.761. The highest BCUT2D eigenvalue weighted by molar-refractivity contribution is 6.30. The molecule has 0 fully saturated rings. The van der Waals surface area contributed by atoms with E-state index in [2.05, 4.69) is 30.9 Å². The Balaban J connectivity index is 0.00000176. The van der Waals surface area contributed by atoms with Crippen LogP contribution in [0.2, 0.25) is 5.02 Å². The summed E-state index contributed by atoms with van der Waals surface area (Å²) in [5.41, 5.74) is 2.43. The smallest absolute Gasteiger partial charge is 0.169 e. The van der Waals surface area contributed by atoms with Gasteiger partial charge in [0.2, 0.25) is 0 Å².